The zero-order chi connectivity index (χ0) is 5.11. The first-order valence-electron chi connectivity index (χ1n) is 1.55. The standard InChI is InChI=1S/C2H2O5.2H3N/c3-2-1-4-6-7-5-2;;/h1H2;2*1H3. The number of carbonyl (C=O) groups is 1. The molecule has 1 rings (SSSR count). The third-order valence-corrected chi connectivity index (χ3v) is 0.380. The van der Waals surface area contributed by atoms with Gasteiger partial charge in [0.15, 0.2) is 6.61 Å². The predicted molar refractivity (Wildman–Crippen MR) is 24.3 cm³/mol. The quantitative estimate of drug-likeness (QED) is 0.441. The highest BCUT2D eigenvalue weighted by molar-refractivity contribution is 5.69. The zero-order valence-corrected chi connectivity index (χ0v) is 4.66. The highest BCUT2D eigenvalue weighted by Crippen LogP contribution is 1.92. The Hall–Kier alpha value is -0.730. The van der Waals surface area contributed by atoms with E-state index in [0.29, 0.717) is 0 Å². The van der Waals surface area contributed by atoms with Crippen molar-refractivity contribution < 1.29 is 24.6 Å². The van der Waals surface area contributed by atoms with E-state index in [-0.39, 0.29) is 18.9 Å². The molecular weight excluding hydrogens is 132 g/mol. The molecule has 1 fully saturated rings. The number of rotatable bonds is 0. The fourth-order valence-electron chi connectivity index (χ4n) is 0.168. The summed E-state index contributed by atoms with van der Waals surface area (Å²) >= 11 is 0. The van der Waals surface area contributed by atoms with Crippen LogP contribution in [-0.4, -0.2) is 12.6 Å². The van der Waals surface area contributed by atoms with Crippen molar-refractivity contribution in [2.45, 2.75) is 0 Å². The van der Waals surface area contributed by atoms with Gasteiger partial charge in [0, 0.05) is 5.04 Å². The predicted octanol–water partition coefficient (Wildman–Crippen LogP) is -0.338. The molecule has 1 saturated heterocycles. The maximum atomic E-state index is 9.91. The third kappa shape index (κ3) is 3.82. The van der Waals surface area contributed by atoms with E-state index in [1.54, 1.807) is 0 Å². The summed E-state index contributed by atoms with van der Waals surface area (Å²) in [6.45, 7) is -0.222. The average molecular weight is 140 g/mol. The van der Waals surface area contributed by atoms with Gasteiger partial charge in [-0.3, -0.25) is 4.89 Å². The third-order valence-electron chi connectivity index (χ3n) is 0.380. The number of hydrogen-bond donors (Lipinski definition) is 2. The molecule has 0 aliphatic carbocycles. The molecule has 1 aliphatic heterocycles. The first-order valence-corrected chi connectivity index (χ1v) is 1.55. The van der Waals surface area contributed by atoms with Crippen molar-refractivity contribution in [3.63, 3.8) is 0 Å². The van der Waals surface area contributed by atoms with E-state index in [1.807, 2.05) is 0 Å². The summed E-state index contributed by atoms with van der Waals surface area (Å²) in [5.74, 6) is -0.605. The van der Waals surface area contributed by atoms with E-state index < -0.39 is 5.97 Å². The van der Waals surface area contributed by atoms with Crippen molar-refractivity contribution in [1.82, 2.24) is 12.3 Å². The molecule has 1 heterocycles. The van der Waals surface area contributed by atoms with Crippen LogP contribution in [0, 0.1) is 0 Å². The molecule has 0 radical (unpaired) electrons. The molecule has 0 saturated carbocycles. The van der Waals surface area contributed by atoms with Gasteiger partial charge >= 0.3 is 5.97 Å². The Kier molecular flexibility index (Phi) is 6.68. The highest BCUT2D eigenvalue weighted by atomic mass is 17.7. The largest absolute Gasteiger partial charge is 0.374 e. The summed E-state index contributed by atoms with van der Waals surface area (Å²) < 4.78 is 0. The van der Waals surface area contributed by atoms with Crippen LogP contribution in [0.5, 0.6) is 0 Å². The smallest absolute Gasteiger partial charge is 0.344 e. The molecule has 1 aliphatic rings. The van der Waals surface area contributed by atoms with Gasteiger partial charge in [0.25, 0.3) is 0 Å². The molecule has 0 amide bonds. The van der Waals surface area contributed by atoms with Gasteiger partial charge in [-0.05, 0) is 5.04 Å². The van der Waals surface area contributed by atoms with Crippen molar-refractivity contribution >= 4 is 5.97 Å². The lowest BCUT2D eigenvalue weighted by molar-refractivity contribution is -0.635. The summed E-state index contributed by atoms with van der Waals surface area (Å²) in [4.78, 5) is 17.7. The van der Waals surface area contributed by atoms with Gasteiger partial charge in [0.1, 0.15) is 0 Å². The van der Waals surface area contributed by atoms with Crippen molar-refractivity contribution in [3.8, 4) is 0 Å². The monoisotopic (exact) mass is 140 g/mol. The molecule has 0 spiro atoms. The van der Waals surface area contributed by atoms with Crippen molar-refractivity contribution in [1.29, 1.82) is 0 Å². The highest BCUT2D eigenvalue weighted by Gasteiger charge is 2.11. The van der Waals surface area contributed by atoms with Crippen LogP contribution < -0.4 is 12.3 Å². The molecule has 0 unspecified atom stereocenters. The molecular formula is C2H8N2O5. The van der Waals surface area contributed by atoms with Gasteiger partial charge < -0.3 is 12.3 Å². The van der Waals surface area contributed by atoms with E-state index in [9.17, 15) is 4.79 Å². The molecule has 0 aromatic rings. The fraction of sp³-hybridized carbons (Fsp3) is 0.500. The lowest BCUT2D eigenvalue weighted by Gasteiger charge is -2.04. The van der Waals surface area contributed by atoms with E-state index in [0.717, 1.165) is 0 Å². The SMILES string of the molecule is N.N.O=C1COOOO1. The Bertz CT molecular complexity index is 77.0. The molecule has 0 atom stereocenters. The van der Waals surface area contributed by atoms with Crippen molar-refractivity contribution in [2.24, 2.45) is 0 Å². The van der Waals surface area contributed by atoms with Crippen molar-refractivity contribution in [3.05, 3.63) is 0 Å². The van der Waals surface area contributed by atoms with Crippen LogP contribution in [0.3, 0.4) is 0 Å². The van der Waals surface area contributed by atoms with Gasteiger partial charge in [0.05, 0.1) is 0 Å². The summed E-state index contributed by atoms with van der Waals surface area (Å²) in [5.41, 5.74) is 0. The number of carbonyl (C=O) groups excluding carboxylic acids is 1. The maximum Gasteiger partial charge on any atom is 0.374 e. The van der Waals surface area contributed by atoms with Gasteiger partial charge in [-0.1, -0.05) is 0 Å². The van der Waals surface area contributed by atoms with Crippen LogP contribution in [0.1, 0.15) is 0 Å². The Balaban J connectivity index is 0. The van der Waals surface area contributed by atoms with Crippen LogP contribution in [-0.2, 0) is 24.6 Å². The first kappa shape index (κ1) is 11.1. The summed E-state index contributed by atoms with van der Waals surface area (Å²) in [7, 11) is 0. The minimum absolute atomic E-state index is 0. The Labute approximate surface area is 50.8 Å². The van der Waals surface area contributed by atoms with Crippen LogP contribution in [0.4, 0.5) is 0 Å². The molecule has 7 heteroatoms. The Morgan fingerprint density at radius 3 is 2.11 bits per heavy atom. The van der Waals surface area contributed by atoms with Gasteiger partial charge in [0.2, 0.25) is 0 Å². The summed E-state index contributed by atoms with van der Waals surface area (Å²) in [5, 5.41) is 7.31. The fourth-order valence-corrected chi connectivity index (χ4v) is 0.168. The van der Waals surface area contributed by atoms with E-state index in [2.05, 4.69) is 19.9 Å². The van der Waals surface area contributed by atoms with Crippen molar-refractivity contribution in [2.75, 3.05) is 6.61 Å². The zero-order valence-electron chi connectivity index (χ0n) is 4.66. The van der Waals surface area contributed by atoms with Crippen LogP contribution in [0.25, 0.3) is 0 Å². The normalized spacial score (nSPS) is 16.7. The van der Waals surface area contributed by atoms with E-state index >= 15 is 0 Å². The van der Waals surface area contributed by atoms with Gasteiger partial charge in [-0.25, -0.2) is 4.79 Å². The topological polar surface area (TPSA) is 124 Å². The second-order valence-electron chi connectivity index (χ2n) is 0.854. The lowest BCUT2D eigenvalue weighted by atomic mass is 10.8. The first-order chi connectivity index (χ1) is 3.39. The maximum absolute atomic E-state index is 9.91. The van der Waals surface area contributed by atoms with E-state index in [4.69, 9.17) is 0 Å². The number of hydrogen-bond acceptors (Lipinski definition) is 7. The Morgan fingerprint density at radius 1 is 1.22 bits per heavy atom. The second-order valence-corrected chi connectivity index (χ2v) is 0.854. The Morgan fingerprint density at radius 2 is 1.89 bits per heavy atom. The molecule has 0 aromatic heterocycles. The molecule has 6 N–H and O–H groups in total. The molecule has 56 valence electrons. The molecule has 7 nitrogen and oxygen atoms in total. The van der Waals surface area contributed by atoms with Crippen LogP contribution in [0.15, 0.2) is 0 Å². The van der Waals surface area contributed by atoms with Gasteiger partial charge in [-0.2, -0.15) is 4.89 Å². The molecule has 0 aromatic carbocycles. The molecule has 9 heavy (non-hydrogen) atoms. The average Bonchev–Trinajstić information content (AvgIpc) is 1.69. The van der Waals surface area contributed by atoms with Crippen LogP contribution in [0.2, 0.25) is 0 Å². The van der Waals surface area contributed by atoms with Crippen LogP contribution >= 0.6 is 0 Å². The minimum Gasteiger partial charge on any atom is -0.344 e. The minimum atomic E-state index is -0.605. The van der Waals surface area contributed by atoms with Gasteiger partial charge in [-0.15, -0.1) is 0 Å². The summed E-state index contributed by atoms with van der Waals surface area (Å²) in [6.07, 6.45) is 0. The molecule has 0 bridgehead atoms. The lowest BCUT2D eigenvalue weighted by Crippen LogP contribution is -2.19. The second kappa shape index (κ2) is 5.41. The van der Waals surface area contributed by atoms with E-state index in [1.165, 1.54) is 0 Å². The summed E-state index contributed by atoms with van der Waals surface area (Å²) in [6, 6.07) is 0.